The van der Waals surface area contributed by atoms with E-state index in [2.05, 4.69) is 72.3 Å². The van der Waals surface area contributed by atoms with Crippen molar-refractivity contribution in [2.75, 3.05) is 13.7 Å². The van der Waals surface area contributed by atoms with E-state index in [1.165, 1.54) is 11.1 Å². The number of rotatable bonds is 6. The molecule has 0 saturated carbocycles. The summed E-state index contributed by atoms with van der Waals surface area (Å²) in [6.45, 7) is 5.97. The van der Waals surface area contributed by atoms with E-state index in [-0.39, 0.29) is 5.41 Å². The lowest BCUT2D eigenvalue weighted by Gasteiger charge is -2.38. The average Bonchev–Trinajstić information content (AvgIpc) is 2.64. The molecule has 1 aliphatic heterocycles. The van der Waals surface area contributed by atoms with Crippen molar-refractivity contribution in [1.82, 2.24) is 4.90 Å². The molecule has 1 heterocycles. The van der Waals surface area contributed by atoms with Gasteiger partial charge in [0.25, 0.3) is 0 Å². The fraction of sp³-hybridized carbons (Fsp3) is 0.273. The molecular formula is C22H25NO. The van der Waals surface area contributed by atoms with Crippen molar-refractivity contribution in [3.05, 3.63) is 90.7 Å². The second-order valence-corrected chi connectivity index (χ2v) is 6.40. The summed E-state index contributed by atoms with van der Waals surface area (Å²) < 4.78 is 5.41. The Morgan fingerprint density at radius 2 is 2.00 bits per heavy atom. The first-order chi connectivity index (χ1) is 11.8. The molecule has 0 aliphatic carbocycles. The number of hydrogen-bond acceptors (Lipinski definition) is 2. The van der Waals surface area contributed by atoms with Crippen molar-refractivity contribution in [3.8, 4) is 5.75 Å². The lowest BCUT2D eigenvalue weighted by molar-refractivity contribution is 0.294. The lowest BCUT2D eigenvalue weighted by atomic mass is 9.73. The van der Waals surface area contributed by atoms with Crippen LogP contribution in [0.2, 0.25) is 0 Å². The average molecular weight is 319 g/mol. The molecule has 2 nitrogen and oxygen atoms in total. The van der Waals surface area contributed by atoms with Gasteiger partial charge in [0.1, 0.15) is 5.75 Å². The first-order valence-corrected chi connectivity index (χ1v) is 8.48. The fourth-order valence-electron chi connectivity index (χ4n) is 3.42. The Balaban J connectivity index is 1.82. The van der Waals surface area contributed by atoms with Crippen molar-refractivity contribution in [2.45, 2.75) is 24.8 Å². The molecule has 1 atom stereocenters. The molecule has 0 fully saturated rings. The first-order valence-electron chi connectivity index (χ1n) is 8.48. The minimum Gasteiger partial charge on any atom is -0.497 e. The van der Waals surface area contributed by atoms with Gasteiger partial charge in [0.05, 0.1) is 7.11 Å². The Hall–Kier alpha value is -2.48. The van der Waals surface area contributed by atoms with E-state index in [1.54, 1.807) is 7.11 Å². The Morgan fingerprint density at radius 1 is 1.17 bits per heavy atom. The van der Waals surface area contributed by atoms with Crippen LogP contribution < -0.4 is 4.74 Å². The quantitative estimate of drug-likeness (QED) is 0.700. The maximum absolute atomic E-state index is 5.41. The van der Waals surface area contributed by atoms with Crippen LogP contribution >= 0.6 is 0 Å². The van der Waals surface area contributed by atoms with Gasteiger partial charge in [-0.25, -0.2) is 0 Å². The molecule has 1 aliphatic rings. The van der Waals surface area contributed by atoms with E-state index in [1.807, 2.05) is 12.1 Å². The summed E-state index contributed by atoms with van der Waals surface area (Å²) in [6.07, 6.45) is 8.64. The van der Waals surface area contributed by atoms with Gasteiger partial charge in [0.15, 0.2) is 0 Å². The van der Waals surface area contributed by atoms with Crippen LogP contribution in [0.5, 0.6) is 5.75 Å². The highest BCUT2D eigenvalue weighted by Crippen LogP contribution is 2.38. The van der Waals surface area contributed by atoms with Crippen molar-refractivity contribution in [3.63, 3.8) is 0 Å². The molecule has 2 heteroatoms. The summed E-state index contributed by atoms with van der Waals surface area (Å²) >= 11 is 0. The zero-order chi connectivity index (χ0) is 16.8. The topological polar surface area (TPSA) is 12.5 Å². The monoisotopic (exact) mass is 319 g/mol. The Labute approximate surface area is 145 Å². The molecule has 0 aromatic heterocycles. The molecule has 1 unspecified atom stereocenters. The van der Waals surface area contributed by atoms with E-state index in [4.69, 9.17) is 4.74 Å². The van der Waals surface area contributed by atoms with E-state index in [0.717, 1.165) is 31.7 Å². The van der Waals surface area contributed by atoms with Crippen molar-refractivity contribution in [2.24, 2.45) is 0 Å². The minimum atomic E-state index is 0.0173. The summed E-state index contributed by atoms with van der Waals surface area (Å²) in [6, 6.07) is 19.0. The zero-order valence-corrected chi connectivity index (χ0v) is 14.3. The fourth-order valence-corrected chi connectivity index (χ4v) is 3.42. The SMILES string of the molecule is C=CCC1(c2cccc(OC)c2)C=CN(Cc2ccccc2)CC1. The minimum absolute atomic E-state index is 0.0173. The van der Waals surface area contributed by atoms with E-state index < -0.39 is 0 Å². The third-order valence-corrected chi connectivity index (χ3v) is 4.83. The summed E-state index contributed by atoms with van der Waals surface area (Å²) in [5.41, 5.74) is 2.67. The first kappa shape index (κ1) is 16.4. The normalized spacial score (nSPS) is 20.0. The number of benzene rings is 2. The number of hydrogen-bond donors (Lipinski definition) is 0. The third-order valence-electron chi connectivity index (χ3n) is 4.83. The molecule has 124 valence electrons. The number of allylic oxidation sites excluding steroid dienone is 2. The molecule has 24 heavy (non-hydrogen) atoms. The van der Waals surface area contributed by atoms with E-state index in [0.29, 0.717) is 0 Å². The van der Waals surface area contributed by atoms with Gasteiger partial charge in [-0.2, -0.15) is 0 Å². The smallest absolute Gasteiger partial charge is 0.119 e. The van der Waals surface area contributed by atoms with Gasteiger partial charge < -0.3 is 9.64 Å². The molecular weight excluding hydrogens is 294 g/mol. The molecule has 3 rings (SSSR count). The lowest BCUT2D eigenvalue weighted by Crippen LogP contribution is -2.34. The Bertz CT molecular complexity index is 707. The van der Waals surface area contributed by atoms with Crippen LogP contribution in [0.3, 0.4) is 0 Å². The molecule has 0 radical (unpaired) electrons. The van der Waals surface area contributed by atoms with E-state index in [9.17, 15) is 0 Å². The van der Waals surface area contributed by atoms with Gasteiger partial charge in [0, 0.05) is 18.5 Å². The van der Waals surface area contributed by atoms with Gasteiger partial charge in [-0.05, 0) is 42.3 Å². The molecule has 0 saturated heterocycles. The predicted octanol–water partition coefficient (Wildman–Crippen LogP) is 4.93. The maximum atomic E-state index is 5.41. The van der Waals surface area contributed by atoms with Gasteiger partial charge in [-0.1, -0.05) is 54.6 Å². The summed E-state index contributed by atoms with van der Waals surface area (Å²) in [5, 5.41) is 0. The van der Waals surface area contributed by atoms with Crippen LogP contribution in [0, 0.1) is 0 Å². The molecule has 0 bridgehead atoms. The van der Waals surface area contributed by atoms with Crippen molar-refractivity contribution >= 4 is 0 Å². The highest BCUT2D eigenvalue weighted by atomic mass is 16.5. The van der Waals surface area contributed by atoms with Gasteiger partial charge in [-0.3, -0.25) is 0 Å². The number of nitrogens with zero attached hydrogens (tertiary/aromatic N) is 1. The molecule has 0 N–H and O–H groups in total. The highest BCUT2D eigenvalue weighted by Gasteiger charge is 2.31. The van der Waals surface area contributed by atoms with Crippen LogP contribution in [0.25, 0.3) is 0 Å². The van der Waals surface area contributed by atoms with Crippen molar-refractivity contribution in [1.29, 1.82) is 0 Å². The third kappa shape index (κ3) is 3.53. The largest absolute Gasteiger partial charge is 0.497 e. The molecule has 2 aromatic carbocycles. The maximum Gasteiger partial charge on any atom is 0.119 e. The number of methoxy groups -OCH3 is 1. The van der Waals surface area contributed by atoms with Crippen LogP contribution in [0.1, 0.15) is 24.0 Å². The molecule has 0 spiro atoms. The standard InChI is InChI=1S/C22H25NO/c1-3-12-22(20-10-7-11-21(17-20)24-2)13-15-23(16-14-22)18-19-8-5-4-6-9-19/h3-11,13,15,17H,1,12,14,16,18H2,2H3. The van der Waals surface area contributed by atoms with Crippen LogP contribution in [0.15, 0.2) is 79.5 Å². The Kier molecular flexibility index (Phi) is 5.05. The molecule has 2 aromatic rings. The highest BCUT2D eigenvalue weighted by molar-refractivity contribution is 5.38. The van der Waals surface area contributed by atoms with E-state index >= 15 is 0 Å². The summed E-state index contributed by atoms with van der Waals surface area (Å²) in [4.78, 5) is 2.39. The zero-order valence-electron chi connectivity index (χ0n) is 14.3. The molecule has 0 amide bonds. The van der Waals surface area contributed by atoms with Crippen molar-refractivity contribution < 1.29 is 4.74 Å². The Morgan fingerprint density at radius 3 is 2.67 bits per heavy atom. The second kappa shape index (κ2) is 7.39. The van der Waals surface area contributed by atoms with Crippen LogP contribution in [-0.4, -0.2) is 18.6 Å². The summed E-state index contributed by atoms with van der Waals surface area (Å²) in [7, 11) is 1.72. The predicted molar refractivity (Wildman–Crippen MR) is 100 cm³/mol. The van der Waals surface area contributed by atoms with Crippen LogP contribution in [-0.2, 0) is 12.0 Å². The second-order valence-electron chi connectivity index (χ2n) is 6.40. The van der Waals surface area contributed by atoms with Crippen LogP contribution in [0.4, 0.5) is 0 Å². The van der Waals surface area contributed by atoms with Gasteiger partial charge >= 0.3 is 0 Å². The summed E-state index contributed by atoms with van der Waals surface area (Å²) in [5.74, 6) is 0.913. The van der Waals surface area contributed by atoms with Gasteiger partial charge in [0.2, 0.25) is 0 Å². The van der Waals surface area contributed by atoms with Gasteiger partial charge in [-0.15, -0.1) is 6.58 Å². The number of ether oxygens (including phenoxy) is 1.